The number of ether oxygens (including phenoxy) is 2. The van der Waals surface area contributed by atoms with E-state index in [0.717, 1.165) is 22.3 Å². The van der Waals surface area contributed by atoms with E-state index in [9.17, 15) is 19.5 Å². The second-order valence-corrected chi connectivity index (χ2v) is 9.19. The van der Waals surface area contributed by atoms with Gasteiger partial charge in [-0.15, -0.1) is 0 Å². The number of hydrogen-bond donors (Lipinski definition) is 3. The Balaban J connectivity index is 1.36. The van der Waals surface area contributed by atoms with Crippen LogP contribution in [0.4, 0.5) is 4.79 Å². The summed E-state index contributed by atoms with van der Waals surface area (Å²) in [5.41, 5.74) is 4.51. The maximum atomic E-state index is 12.7. The van der Waals surface area contributed by atoms with Crippen LogP contribution in [0, 0.1) is 5.92 Å². The number of carbonyl (C=O) groups is 3. The molecule has 34 heavy (non-hydrogen) atoms. The summed E-state index contributed by atoms with van der Waals surface area (Å²) in [6.45, 7) is 4.22. The van der Waals surface area contributed by atoms with Gasteiger partial charge in [-0.2, -0.15) is 0 Å². The highest BCUT2D eigenvalue weighted by atomic mass is 16.6. The zero-order valence-electron chi connectivity index (χ0n) is 19.3. The molecule has 1 fully saturated rings. The Bertz CT molecular complexity index is 1020. The van der Waals surface area contributed by atoms with E-state index >= 15 is 0 Å². The van der Waals surface area contributed by atoms with Crippen LogP contribution in [0.5, 0.6) is 0 Å². The van der Waals surface area contributed by atoms with E-state index < -0.39 is 36.2 Å². The lowest BCUT2D eigenvalue weighted by Gasteiger charge is -2.23. The van der Waals surface area contributed by atoms with E-state index in [1.165, 1.54) is 0 Å². The Kier molecular flexibility index (Phi) is 7.17. The van der Waals surface area contributed by atoms with Crippen LogP contribution in [0.25, 0.3) is 11.1 Å². The fraction of sp³-hybridized carbons (Fsp3) is 0.423. The zero-order chi connectivity index (χ0) is 24.2. The Morgan fingerprint density at radius 1 is 1.06 bits per heavy atom. The standard InChI is InChI=1S/C26H30N2O6/c1-15(2)13-22(25(30)31)27-24(29)23-21(11-12-33-23)28-26(32)34-14-20-18-9-5-3-7-16(18)17-8-4-6-10-19(17)20/h3-10,15,20-23H,11-14H2,1-2H3,(H,27,29)(H,28,32)(H,30,31)/t21-,22-,23+/m1/s1. The molecule has 0 bridgehead atoms. The summed E-state index contributed by atoms with van der Waals surface area (Å²) < 4.78 is 11.1. The van der Waals surface area contributed by atoms with Gasteiger partial charge in [0.2, 0.25) is 0 Å². The number of carbonyl (C=O) groups excluding carboxylic acids is 2. The van der Waals surface area contributed by atoms with Gasteiger partial charge in [-0.05, 0) is 41.0 Å². The summed E-state index contributed by atoms with van der Waals surface area (Å²) in [5.74, 6) is -1.61. The van der Waals surface area contributed by atoms with Gasteiger partial charge in [-0.1, -0.05) is 62.4 Å². The molecule has 4 rings (SSSR count). The SMILES string of the molecule is CC(C)C[C@@H](NC(=O)[C@H]1OCC[C@H]1NC(=O)OCC1c2ccccc2-c2ccccc21)C(=O)O. The summed E-state index contributed by atoms with van der Waals surface area (Å²) in [4.78, 5) is 36.8. The highest BCUT2D eigenvalue weighted by molar-refractivity contribution is 5.87. The lowest BCUT2D eigenvalue weighted by Crippen LogP contribution is -2.52. The number of fused-ring (bicyclic) bond motifs is 3. The number of benzene rings is 2. The zero-order valence-corrected chi connectivity index (χ0v) is 19.3. The number of carboxylic acid groups (broad SMARTS) is 1. The van der Waals surface area contributed by atoms with E-state index in [-0.39, 0.29) is 25.0 Å². The van der Waals surface area contributed by atoms with Crippen LogP contribution in [0.3, 0.4) is 0 Å². The monoisotopic (exact) mass is 466 g/mol. The van der Waals surface area contributed by atoms with Gasteiger partial charge in [0.25, 0.3) is 5.91 Å². The average Bonchev–Trinajstić information content (AvgIpc) is 3.39. The molecule has 180 valence electrons. The first-order valence-electron chi connectivity index (χ1n) is 11.6. The van der Waals surface area contributed by atoms with Crippen LogP contribution in [0.15, 0.2) is 48.5 Å². The predicted octanol–water partition coefficient (Wildman–Crippen LogP) is 3.30. The van der Waals surface area contributed by atoms with E-state index in [0.29, 0.717) is 12.8 Å². The molecule has 2 aliphatic rings. The smallest absolute Gasteiger partial charge is 0.407 e. The molecule has 0 spiro atoms. The van der Waals surface area contributed by atoms with Crippen LogP contribution in [-0.2, 0) is 19.1 Å². The third-order valence-electron chi connectivity index (χ3n) is 6.32. The van der Waals surface area contributed by atoms with Crippen molar-refractivity contribution in [3.05, 3.63) is 59.7 Å². The van der Waals surface area contributed by atoms with Crippen molar-refractivity contribution in [2.24, 2.45) is 5.92 Å². The average molecular weight is 467 g/mol. The summed E-state index contributed by atoms with van der Waals surface area (Å²) in [5, 5.41) is 14.7. The molecule has 2 amide bonds. The lowest BCUT2D eigenvalue weighted by molar-refractivity contribution is -0.144. The molecule has 1 heterocycles. The molecule has 0 saturated carbocycles. The van der Waals surface area contributed by atoms with Gasteiger partial charge in [-0.3, -0.25) is 4.79 Å². The van der Waals surface area contributed by atoms with Crippen molar-refractivity contribution in [1.29, 1.82) is 0 Å². The first-order chi connectivity index (χ1) is 16.3. The number of amides is 2. The molecule has 0 unspecified atom stereocenters. The predicted molar refractivity (Wildman–Crippen MR) is 125 cm³/mol. The highest BCUT2D eigenvalue weighted by Gasteiger charge is 2.38. The molecule has 1 saturated heterocycles. The van der Waals surface area contributed by atoms with E-state index in [2.05, 4.69) is 22.8 Å². The minimum absolute atomic E-state index is 0.0653. The number of nitrogens with one attached hydrogen (secondary N) is 2. The molecule has 2 aromatic carbocycles. The molecule has 1 aliphatic heterocycles. The fourth-order valence-electron chi connectivity index (χ4n) is 4.73. The maximum absolute atomic E-state index is 12.7. The second-order valence-electron chi connectivity index (χ2n) is 9.19. The fourth-order valence-corrected chi connectivity index (χ4v) is 4.73. The summed E-state index contributed by atoms with van der Waals surface area (Å²) in [6, 6.07) is 14.6. The van der Waals surface area contributed by atoms with Crippen molar-refractivity contribution in [3.63, 3.8) is 0 Å². The van der Waals surface area contributed by atoms with Crippen LogP contribution >= 0.6 is 0 Å². The molecule has 0 aromatic heterocycles. The van der Waals surface area contributed by atoms with Crippen LogP contribution in [0.1, 0.15) is 43.7 Å². The van der Waals surface area contributed by atoms with Crippen molar-refractivity contribution < 1.29 is 29.0 Å². The van der Waals surface area contributed by atoms with Gasteiger partial charge < -0.3 is 25.2 Å². The quantitative estimate of drug-likeness (QED) is 0.550. The number of aliphatic carboxylic acids is 1. The third-order valence-corrected chi connectivity index (χ3v) is 6.32. The highest BCUT2D eigenvalue weighted by Crippen LogP contribution is 2.44. The molecule has 0 radical (unpaired) electrons. The molecular formula is C26H30N2O6. The first-order valence-corrected chi connectivity index (χ1v) is 11.6. The molecule has 3 atom stereocenters. The van der Waals surface area contributed by atoms with Gasteiger partial charge in [0.15, 0.2) is 6.10 Å². The molecule has 2 aromatic rings. The summed E-state index contributed by atoms with van der Waals surface area (Å²) in [7, 11) is 0. The molecule has 1 aliphatic carbocycles. The van der Waals surface area contributed by atoms with Crippen LogP contribution in [-0.4, -0.2) is 54.5 Å². The second kappa shape index (κ2) is 10.3. The van der Waals surface area contributed by atoms with Gasteiger partial charge in [0.1, 0.15) is 12.6 Å². The minimum Gasteiger partial charge on any atom is -0.480 e. The molecule has 8 heteroatoms. The largest absolute Gasteiger partial charge is 0.480 e. The number of hydrogen-bond acceptors (Lipinski definition) is 5. The van der Waals surface area contributed by atoms with E-state index in [1.807, 2.05) is 50.2 Å². The van der Waals surface area contributed by atoms with E-state index in [4.69, 9.17) is 9.47 Å². The van der Waals surface area contributed by atoms with Gasteiger partial charge in [0.05, 0.1) is 6.04 Å². The number of carboxylic acids is 1. The topological polar surface area (TPSA) is 114 Å². The first kappa shape index (κ1) is 23.8. The minimum atomic E-state index is -1.10. The van der Waals surface area contributed by atoms with E-state index in [1.54, 1.807) is 0 Å². The van der Waals surface area contributed by atoms with Crippen molar-refractivity contribution in [2.75, 3.05) is 13.2 Å². The Hall–Kier alpha value is -3.39. The van der Waals surface area contributed by atoms with Gasteiger partial charge in [0, 0.05) is 12.5 Å². The Morgan fingerprint density at radius 2 is 1.68 bits per heavy atom. The van der Waals surface area contributed by atoms with Crippen LogP contribution < -0.4 is 10.6 Å². The Labute approximate surface area is 198 Å². The lowest BCUT2D eigenvalue weighted by atomic mass is 9.98. The number of rotatable bonds is 8. The van der Waals surface area contributed by atoms with Crippen molar-refractivity contribution in [1.82, 2.24) is 10.6 Å². The van der Waals surface area contributed by atoms with Crippen molar-refractivity contribution >= 4 is 18.0 Å². The van der Waals surface area contributed by atoms with Crippen molar-refractivity contribution in [2.45, 2.75) is 50.8 Å². The molecule has 3 N–H and O–H groups in total. The summed E-state index contributed by atoms with van der Waals surface area (Å²) in [6.07, 6.45) is -0.857. The van der Waals surface area contributed by atoms with Crippen molar-refractivity contribution in [3.8, 4) is 11.1 Å². The third kappa shape index (κ3) is 5.07. The maximum Gasteiger partial charge on any atom is 0.407 e. The van der Waals surface area contributed by atoms with Gasteiger partial charge >= 0.3 is 12.1 Å². The summed E-state index contributed by atoms with van der Waals surface area (Å²) >= 11 is 0. The van der Waals surface area contributed by atoms with Crippen LogP contribution in [0.2, 0.25) is 0 Å². The molecule has 8 nitrogen and oxygen atoms in total. The van der Waals surface area contributed by atoms with Gasteiger partial charge in [-0.25, -0.2) is 9.59 Å². The number of alkyl carbamates (subject to hydrolysis) is 1. The normalized spacial score (nSPS) is 19.9. The molecular weight excluding hydrogens is 436 g/mol. The Morgan fingerprint density at radius 3 is 2.26 bits per heavy atom.